The Balaban J connectivity index is 2.16. The minimum atomic E-state index is -0.668. The maximum Gasteiger partial charge on any atom is 0.123 e. The summed E-state index contributed by atoms with van der Waals surface area (Å²) in [7, 11) is 1.93. The highest BCUT2D eigenvalue weighted by atomic mass is 16.3. The number of aromatic hydroxyl groups is 1. The van der Waals surface area contributed by atoms with Crippen molar-refractivity contribution in [2.24, 2.45) is 0 Å². The van der Waals surface area contributed by atoms with Gasteiger partial charge in [0.15, 0.2) is 0 Å². The fourth-order valence-electron chi connectivity index (χ4n) is 1.87. The molecule has 1 aromatic heterocycles. The van der Waals surface area contributed by atoms with Crippen LogP contribution in [0.25, 0.3) is 0 Å². The normalized spacial score (nSPS) is 12.4. The van der Waals surface area contributed by atoms with Crippen LogP contribution >= 0.6 is 0 Å². The number of aliphatic hydroxyl groups is 1. The molecule has 1 unspecified atom stereocenters. The maximum absolute atomic E-state index is 9.83. The molecule has 2 rings (SSSR count). The van der Waals surface area contributed by atoms with E-state index in [0.29, 0.717) is 12.1 Å². The fourth-order valence-corrected chi connectivity index (χ4v) is 1.87. The topological polar surface area (TPSA) is 56.8 Å². The van der Waals surface area contributed by atoms with Crippen molar-refractivity contribution in [2.75, 3.05) is 11.9 Å². The Morgan fingerprint density at radius 2 is 2.11 bits per heavy atom. The van der Waals surface area contributed by atoms with Gasteiger partial charge in [0.05, 0.1) is 18.6 Å². The van der Waals surface area contributed by atoms with Gasteiger partial charge in [-0.2, -0.15) is 0 Å². The summed E-state index contributed by atoms with van der Waals surface area (Å²) >= 11 is 0. The number of phenolic OH excluding ortho intramolecular Hbond substituents is 1. The SMILES string of the molecule is CC(O)c1ccc(N(C)Cc2ccoc2)cc1O. The standard InChI is InChI=1S/C14H17NO3/c1-10(16)13-4-3-12(7-14(13)17)15(2)8-11-5-6-18-9-11/h3-7,9-10,16-17H,8H2,1-2H3. The van der Waals surface area contributed by atoms with E-state index in [4.69, 9.17) is 4.42 Å². The summed E-state index contributed by atoms with van der Waals surface area (Å²) in [4.78, 5) is 2.00. The van der Waals surface area contributed by atoms with Gasteiger partial charge in [-0.25, -0.2) is 0 Å². The van der Waals surface area contributed by atoms with Crippen molar-refractivity contribution < 1.29 is 14.6 Å². The second-order valence-electron chi connectivity index (χ2n) is 4.41. The van der Waals surface area contributed by atoms with Crippen molar-refractivity contribution in [2.45, 2.75) is 19.6 Å². The van der Waals surface area contributed by atoms with E-state index in [1.165, 1.54) is 0 Å². The van der Waals surface area contributed by atoms with Crippen molar-refractivity contribution in [3.63, 3.8) is 0 Å². The number of phenols is 1. The van der Waals surface area contributed by atoms with Crippen LogP contribution in [0, 0.1) is 0 Å². The minimum absolute atomic E-state index is 0.113. The number of hydrogen-bond donors (Lipinski definition) is 2. The Morgan fingerprint density at radius 3 is 2.67 bits per heavy atom. The number of furan rings is 1. The van der Waals surface area contributed by atoms with E-state index >= 15 is 0 Å². The molecule has 2 aromatic rings. The summed E-state index contributed by atoms with van der Waals surface area (Å²) in [6.07, 6.45) is 2.66. The lowest BCUT2D eigenvalue weighted by Crippen LogP contribution is -2.15. The predicted molar refractivity (Wildman–Crippen MR) is 69.6 cm³/mol. The average molecular weight is 247 g/mol. The molecule has 4 nitrogen and oxygen atoms in total. The molecule has 0 amide bonds. The monoisotopic (exact) mass is 247 g/mol. The maximum atomic E-state index is 9.83. The molecular formula is C14H17NO3. The van der Waals surface area contributed by atoms with E-state index in [1.807, 2.05) is 24.1 Å². The van der Waals surface area contributed by atoms with Crippen LogP contribution in [0.1, 0.15) is 24.2 Å². The molecule has 0 saturated carbocycles. The van der Waals surface area contributed by atoms with Gasteiger partial charge in [0.2, 0.25) is 0 Å². The number of rotatable bonds is 4. The Morgan fingerprint density at radius 1 is 1.33 bits per heavy atom. The fraction of sp³-hybridized carbons (Fsp3) is 0.286. The van der Waals surface area contributed by atoms with Crippen LogP contribution < -0.4 is 4.90 Å². The minimum Gasteiger partial charge on any atom is -0.507 e. The van der Waals surface area contributed by atoms with Crippen LogP contribution in [0.2, 0.25) is 0 Å². The third-order valence-corrected chi connectivity index (χ3v) is 2.90. The van der Waals surface area contributed by atoms with E-state index < -0.39 is 6.10 Å². The van der Waals surface area contributed by atoms with Crippen molar-refractivity contribution in [1.29, 1.82) is 0 Å². The van der Waals surface area contributed by atoms with Crippen LogP contribution in [0.5, 0.6) is 5.75 Å². The van der Waals surface area contributed by atoms with E-state index in [1.54, 1.807) is 31.6 Å². The zero-order valence-corrected chi connectivity index (χ0v) is 10.5. The highest BCUT2D eigenvalue weighted by Gasteiger charge is 2.10. The number of hydrogen-bond acceptors (Lipinski definition) is 4. The molecule has 2 N–H and O–H groups in total. The quantitative estimate of drug-likeness (QED) is 0.872. The molecule has 0 spiro atoms. The van der Waals surface area contributed by atoms with Gasteiger partial charge in [0.25, 0.3) is 0 Å². The number of anilines is 1. The molecule has 4 heteroatoms. The molecule has 0 saturated heterocycles. The Labute approximate surface area is 106 Å². The zero-order chi connectivity index (χ0) is 13.1. The van der Waals surface area contributed by atoms with Gasteiger partial charge in [-0.15, -0.1) is 0 Å². The molecule has 1 heterocycles. The van der Waals surface area contributed by atoms with Gasteiger partial charge in [-0.05, 0) is 19.1 Å². The highest BCUT2D eigenvalue weighted by Crippen LogP contribution is 2.29. The van der Waals surface area contributed by atoms with E-state index in [9.17, 15) is 10.2 Å². The number of nitrogens with zero attached hydrogens (tertiary/aromatic N) is 1. The number of aliphatic hydroxyl groups excluding tert-OH is 1. The van der Waals surface area contributed by atoms with E-state index in [2.05, 4.69) is 0 Å². The summed E-state index contributed by atoms with van der Waals surface area (Å²) in [6, 6.07) is 7.17. The first-order chi connectivity index (χ1) is 8.58. The molecule has 0 aliphatic carbocycles. The van der Waals surface area contributed by atoms with E-state index in [-0.39, 0.29) is 5.75 Å². The largest absolute Gasteiger partial charge is 0.507 e. The molecule has 1 atom stereocenters. The third-order valence-electron chi connectivity index (χ3n) is 2.90. The van der Waals surface area contributed by atoms with Gasteiger partial charge >= 0.3 is 0 Å². The first-order valence-corrected chi connectivity index (χ1v) is 5.81. The Hall–Kier alpha value is -1.94. The summed E-state index contributed by atoms with van der Waals surface area (Å²) in [5.74, 6) is 0.113. The summed E-state index contributed by atoms with van der Waals surface area (Å²) in [6.45, 7) is 2.33. The van der Waals surface area contributed by atoms with Gasteiger partial charge in [-0.3, -0.25) is 0 Å². The predicted octanol–water partition coefficient (Wildman–Crippen LogP) is 2.67. The molecule has 0 radical (unpaired) electrons. The molecule has 0 aliphatic heterocycles. The molecule has 0 fully saturated rings. The summed E-state index contributed by atoms with van der Waals surface area (Å²) in [5, 5.41) is 19.3. The summed E-state index contributed by atoms with van der Waals surface area (Å²) in [5.41, 5.74) is 2.49. The first kappa shape index (κ1) is 12.5. The second kappa shape index (κ2) is 5.14. The molecular weight excluding hydrogens is 230 g/mol. The van der Waals surface area contributed by atoms with Crippen molar-refractivity contribution in [1.82, 2.24) is 0 Å². The van der Waals surface area contributed by atoms with Crippen LogP contribution in [0.3, 0.4) is 0 Å². The summed E-state index contributed by atoms with van der Waals surface area (Å²) < 4.78 is 5.02. The smallest absolute Gasteiger partial charge is 0.123 e. The molecule has 18 heavy (non-hydrogen) atoms. The Bertz CT molecular complexity index is 506. The number of benzene rings is 1. The van der Waals surface area contributed by atoms with Crippen molar-refractivity contribution >= 4 is 5.69 Å². The second-order valence-corrected chi connectivity index (χ2v) is 4.41. The first-order valence-electron chi connectivity index (χ1n) is 5.81. The lowest BCUT2D eigenvalue weighted by Gasteiger charge is -2.19. The van der Waals surface area contributed by atoms with Crippen LogP contribution in [-0.4, -0.2) is 17.3 Å². The van der Waals surface area contributed by atoms with Crippen LogP contribution in [-0.2, 0) is 6.54 Å². The molecule has 0 bridgehead atoms. The van der Waals surface area contributed by atoms with Gasteiger partial charge in [0.1, 0.15) is 5.75 Å². The highest BCUT2D eigenvalue weighted by molar-refractivity contribution is 5.53. The van der Waals surface area contributed by atoms with Gasteiger partial charge < -0.3 is 19.5 Å². The Kier molecular flexibility index (Phi) is 3.58. The molecule has 0 aliphatic rings. The van der Waals surface area contributed by atoms with Gasteiger partial charge in [-0.1, -0.05) is 6.07 Å². The van der Waals surface area contributed by atoms with Gasteiger partial charge in [0, 0.05) is 36.5 Å². The van der Waals surface area contributed by atoms with Crippen LogP contribution in [0.4, 0.5) is 5.69 Å². The lowest BCUT2D eigenvalue weighted by atomic mass is 10.1. The van der Waals surface area contributed by atoms with Crippen LogP contribution in [0.15, 0.2) is 41.2 Å². The average Bonchev–Trinajstić information content (AvgIpc) is 2.81. The zero-order valence-electron chi connectivity index (χ0n) is 10.5. The molecule has 1 aromatic carbocycles. The third kappa shape index (κ3) is 2.65. The van der Waals surface area contributed by atoms with Crippen molar-refractivity contribution in [3.8, 4) is 5.75 Å². The van der Waals surface area contributed by atoms with Crippen molar-refractivity contribution in [3.05, 3.63) is 47.9 Å². The lowest BCUT2D eigenvalue weighted by molar-refractivity contribution is 0.195. The van der Waals surface area contributed by atoms with E-state index in [0.717, 1.165) is 11.3 Å². The molecule has 96 valence electrons.